The van der Waals surface area contributed by atoms with Crippen LogP contribution in [-0.2, 0) is 6.54 Å². The number of nitrogens with zero attached hydrogens (tertiary/aromatic N) is 3. The summed E-state index contributed by atoms with van der Waals surface area (Å²) in [6.45, 7) is 4.58. The lowest BCUT2D eigenvalue weighted by atomic mass is 10.0. The summed E-state index contributed by atoms with van der Waals surface area (Å²) in [5.74, 6) is 1.44. The van der Waals surface area contributed by atoms with Crippen molar-refractivity contribution in [1.29, 1.82) is 0 Å². The predicted octanol–water partition coefficient (Wildman–Crippen LogP) is 1.32. The molecule has 1 fully saturated rings. The van der Waals surface area contributed by atoms with Gasteiger partial charge in [-0.25, -0.2) is 4.98 Å². The molecule has 3 rings (SSSR count). The lowest BCUT2D eigenvalue weighted by Gasteiger charge is -2.18. The topological polar surface area (TPSA) is 52.8 Å². The molecule has 0 saturated carbocycles. The first-order chi connectivity index (χ1) is 9.20. The van der Waals surface area contributed by atoms with Crippen LogP contribution < -0.4 is 10.2 Å². The van der Waals surface area contributed by atoms with E-state index in [0.29, 0.717) is 5.92 Å². The van der Waals surface area contributed by atoms with Crippen LogP contribution in [0.1, 0.15) is 19.0 Å². The summed E-state index contributed by atoms with van der Waals surface area (Å²) in [5.41, 5.74) is 1.21. The molecule has 1 aliphatic heterocycles. The molecule has 0 aliphatic carbocycles. The molecule has 19 heavy (non-hydrogen) atoms. The second kappa shape index (κ2) is 5.11. The molecule has 1 aliphatic rings. The van der Waals surface area contributed by atoms with E-state index >= 15 is 0 Å². The van der Waals surface area contributed by atoms with Gasteiger partial charge < -0.3 is 15.3 Å². The molecule has 0 amide bonds. The largest absolute Gasteiger partial charge is 0.393 e. The van der Waals surface area contributed by atoms with Crippen molar-refractivity contribution in [1.82, 2.24) is 14.7 Å². The van der Waals surface area contributed by atoms with Gasteiger partial charge in [0.25, 0.3) is 0 Å². The van der Waals surface area contributed by atoms with Crippen molar-refractivity contribution in [3.05, 3.63) is 17.3 Å². The number of aliphatic hydroxyl groups excluding tert-OH is 1. The van der Waals surface area contributed by atoms with Crippen LogP contribution in [-0.4, -0.2) is 40.7 Å². The van der Waals surface area contributed by atoms with E-state index in [1.54, 1.807) is 11.3 Å². The lowest BCUT2D eigenvalue weighted by Crippen LogP contribution is -2.25. The Kier molecular flexibility index (Phi) is 3.47. The number of imidazole rings is 1. The van der Waals surface area contributed by atoms with Crippen molar-refractivity contribution in [2.45, 2.75) is 26.0 Å². The molecule has 2 unspecified atom stereocenters. The van der Waals surface area contributed by atoms with Crippen LogP contribution in [0.4, 0.5) is 5.82 Å². The van der Waals surface area contributed by atoms with Crippen LogP contribution in [0.2, 0.25) is 0 Å². The maximum atomic E-state index is 9.73. The fraction of sp³-hybridized carbons (Fsp3) is 0.615. The highest BCUT2D eigenvalue weighted by molar-refractivity contribution is 7.15. The van der Waals surface area contributed by atoms with Crippen molar-refractivity contribution >= 4 is 22.1 Å². The normalized spacial score (nSPS) is 21.4. The van der Waals surface area contributed by atoms with Gasteiger partial charge in [-0.1, -0.05) is 0 Å². The van der Waals surface area contributed by atoms with Crippen molar-refractivity contribution in [3.8, 4) is 0 Å². The summed E-state index contributed by atoms with van der Waals surface area (Å²) in [6.07, 6.45) is 2.88. The predicted molar refractivity (Wildman–Crippen MR) is 77.8 cm³/mol. The van der Waals surface area contributed by atoms with Gasteiger partial charge in [0.15, 0.2) is 10.8 Å². The molecule has 3 heterocycles. The SMILES string of the molecule is CNCc1c(N2CCC(C(C)O)C2)nc2sccn12. The Balaban J connectivity index is 1.92. The van der Waals surface area contributed by atoms with E-state index in [1.807, 2.05) is 14.0 Å². The van der Waals surface area contributed by atoms with E-state index in [2.05, 4.69) is 26.2 Å². The number of nitrogens with one attached hydrogen (secondary N) is 1. The molecule has 1 saturated heterocycles. The number of aromatic nitrogens is 2. The zero-order valence-electron chi connectivity index (χ0n) is 11.3. The van der Waals surface area contributed by atoms with Gasteiger partial charge in [-0.2, -0.15) is 0 Å². The number of anilines is 1. The van der Waals surface area contributed by atoms with Gasteiger partial charge in [0.2, 0.25) is 0 Å². The second-order valence-electron chi connectivity index (χ2n) is 5.20. The summed E-state index contributed by atoms with van der Waals surface area (Å²) in [7, 11) is 1.96. The molecule has 0 spiro atoms. The zero-order valence-corrected chi connectivity index (χ0v) is 12.2. The van der Waals surface area contributed by atoms with Gasteiger partial charge in [-0.3, -0.25) is 4.40 Å². The number of thiazole rings is 1. The fourth-order valence-corrected chi connectivity index (χ4v) is 3.51. The number of rotatable bonds is 4. The van der Waals surface area contributed by atoms with Crippen molar-refractivity contribution in [3.63, 3.8) is 0 Å². The summed E-state index contributed by atoms with van der Waals surface area (Å²) in [4.78, 5) is 8.10. The maximum absolute atomic E-state index is 9.73. The molecule has 2 N–H and O–H groups in total. The third-order valence-electron chi connectivity index (χ3n) is 3.89. The number of hydrogen-bond donors (Lipinski definition) is 2. The molecule has 5 nitrogen and oxygen atoms in total. The Hall–Kier alpha value is -1.11. The van der Waals surface area contributed by atoms with Crippen LogP contribution in [0.3, 0.4) is 0 Å². The van der Waals surface area contributed by atoms with Crippen molar-refractivity contribution in [2.24, 2.45) is 5.92 Å². The average Bonchev–Trinajstić information content (AvgIpc) is 3.04. The molecular formula is C13H20N4OS. The molecule has 0 radical (unpaired) electrons. The standard InChI is InChI=1S/C13H20N4OS/c1-9(18)10-3-4-16(8-10)12-11(7-14-2)17-5-6-19-13(17)15-12/h5-6,9-10,14,18H,3-4,7-8H2,1-2H3. The molecule has 2 atom stereocenters. The highest BCUT2D eigenvalue weighted by atomic mass is 32.1. The first-order valence-corrected chi connectivity index (χ1v) is 7.60. The minimum absolute atomic E-state index is 0.235. The molecule has 104 valence electrons. The molecule has 2 aromatic heterocycles. The van der Waals surface area contributed by atoms with E-state index in [1.165, 1.54) is 5.69 Å². The van der Waals surface area contributed by atoms with Crippen LogP contribution >= 0.6 is 11.3 Å². The van der Waals surface area contributed by atoms with E-state index in [9.17, 15) is 5.11 Å². The quantitative estimate of drug-likeness (QED) is 0.887. The van der Waals surface area contributed by atoms with Crippen LogP contribution in [0.5, 0.6) is 0 Å². The third kappa shape index (κ3) is 2.24. The van der Waals surface area contributed by atoms with Gasteiger partial charge in [0, 0.05) is 37.1 Å². The first-order valence-electron chi connectivity index (χ1n) is 6.72. The highest BCUT2D eigenvalue weighted by Gasteiger charge is 2.29. The number of hydrogen-bond acceptors (Lipinski definition) is 5. The Labute approximate surface area is 116 Å². The average molecular weight is 280 g/mol. The third-order valence-corrected chi connectivity index (χ3v) is 4.65. The first kappa shape index (κ1) is 12.9. The minimum Gasteiger partial charge on any atom is -0.393 e. The number of aliphatic hydroxyl groups is 1. The molecule has 0 aromatic carbocycles. The van der Waals surface area contributed by atoms with Gasteiger partial charge in [0.1, 0.15) is 0 Å². The van der Waals surface area contributed by atoms with Crippen LogP contribution in [0, 0.1) is 5.92 Å². The fourth-order valence-electron chi connectivity index (χ4n) is 2.78. The zero-order chi connectivity index (χ0) is 13.4. The monoisotopic (exact) mass is 280 g/mol. The smallest absolute Gasteiger partial charge is 0.195 e. The Morgan fingerprint density at radius 3 is 3.16 bits per heavy atom. The molecule has 6 heteroatoms. The highest BCUT2D eigenvalue weighted by Crippen LogP contribution is 2.30. The van der Waals surface area contributed by atoms with Crippen molar-refractivity contribution in [2.75, 3.05) is 25.0 Å². The van der Waals surface area contributed by atoms with Gasteiger partial charge in [0.05, 0.1) is 11.8 Å². The molecule has 0 bridgehead atoms. The van der Waals surface area contributed by atoms with Crippen molar-refractivity contribution < 1.29 is 5.11 Å². The van der Waals surface area contributed by atoms with E-state index in [-0.39, 0.29) is 6.10 Å². The summed E-state index contributed by atoms with van der Waals surface area (Å²) >= 11 is 1.66. The Morgan fingerprint density at radius 2 is 2.47 bits per heavy atom. The van der Waals surface area contributed by atoms with Crippen LogP contribution in [0.15, 0.2) is 11.6 Å². The Morgan fingerprint density at radius 1 is 1.63 bits per heavy atom. The maximum Gasteiger partial charge on any atom is 0.195 e. The summed E-state index contributed by atoms with van der Waals surface area (Å²) < 4.78 is 2.16. The lowest BCUT2D eigenvalue weighted by molar-refractivity contribution is 0.136. The van der Waals surface area contributed by atoms with Gasteiger partial charge in [-0.15, -0.1) is 11.3 Å². The summed E-state index contributed by atoms with van der Waals surface area (Å²) in [5, 5.41) is 15.0. The number of fused-ring (bicyclic) bond motifs is 1. The van der Waals surface area contributed by atoms with Gasteiger partial charge in [-0.05, 0) is 20.4 Å². The molecule has 2 aromatic rings. The van der Waals surface area contributed by atoms with E-state index in [0.717, 1.165) is 36.8 Å². The van der Waals surface area contributed by atoms with E-state index in [4.69, 9.17) is 4.98 Å². The molecular weight excluding hydrogens is 260 g/mol. The Bertz CT molecular complexity index is 562. The van der Waals surface area contributed by atoms with Gasteiger partial charge >= 0.3 is 0 Å². The second-order valence-corrected chi connectivity index (χ2v) is 6.08. The van der Waals surface area contributed by atoms with E-state index < -0.39 is 0 Å². The summed E-state index contributed by atoms with van der Waals surface area (Å²) in [6, 6.07) is 0. The van der Waals surface area contributed by atoms with Crippen LogP contribution in [0.25, 0.3) is 4.96 Å². The minimum atomic E-state index is -0.235.